The molecule has 2 amide bonds. The minimum absolute atomic E-state index is 0. The number of amides is 2. The van der Waals surface area contributed by atoms with Crippen LogP contribution in [0.3, 0.4) is 0 Å². The van der Waals surface area contributed by atoms with Crippen molar-refractivity contribution in [2.24, 2.45) is 11.7 Å². The van der Waals surface area contributed by atoms with Crippen LogP contribution in [0.4, 0.5) is 0 Å². The van der Waals surface area contributed by atoms with Crippen LogP contribution in [-0.2, 0) is 10.0 Å². The lowest BCUT2D eigenvalue weighted by molar-refractivity contribution is 0.0573. The van der Waals surface area contributed by atoms with Gasteiger partial charge in [0.1, 0.15) is 4.90 Å². The maximum atomic E-state index is 13.0. The van der Waals surface area contributed by atoms with Gasteiger partial charge in [0.15, 0.2) is 0 Å². The smallest absolute Gasteiger partial charge is 0.269 e. The monoisotopic (exact) mass is 413 g/mol. The molecule has 1 saturated carbocycles. The van der Waals surface area contributed by atoms with Crippen molar-refractivity contribution in [1.29, 1.82) is 0 Å². The minimum Gasteiger partial charge on any atom is -0.334 e. The fraction of sp³-hybridized carbons (Fsp3) is 0.556. The van der Waals surface area contributed by atoms with Gasteiger partial charge in [-0.15, -0.1) is 12.4 Å². The number of hydrogen-bond acceptors (Lipinski definition) is 5. The summed E-state index contributed by atoms with van der Waals surface area (Å²) in [6.45, 7) is 3.14. The molecule has 0 spiro atoms. The van der Waals surface area contributed by atoms with Gasteiger partial charge < -0.3 is 10.6 Å². The number of benzene rings is 1. The lowest BCUT2D eigenvalue weighted by Crippen LogP contribution is -2.49. The molecule has 0 bridgehead atoms. The van der Waals surface area contributed by atoms with Crippen molar-refractivity contribution in [2.45, 2.75) is 49.6 Å². The Morgan fingerprint density at radius 1 is 1.26 bits per heavy atom. The van der Waals surface area contributed by atoms with Crippen molar-refractivity contribution < 1.29 is 18.0 Å². The van der Waals surface area contributed by atoms with E-state index in [1.54, 1.807) is 11.0 Å². The number of nitrogens with zero attached hydrogens (tertiary/aromatic N) is 2. The van der Waals surface area contributed by atoms with Crippen molar-refractivity contribution in [3.63, 3.8) is 0 Å². The number of sulfonamides is 1. The Morgan fingerprint density at radius 2 is 1.96 bits per heavy atom. The zero-order chi connectivity index (χ0) is 18.6. The second-order valence-corrected chi connectivity index (χ2v) is 9.35. The second kappa shape index (κ2) is 7.07. The fourth-order valence-electron chi connectivity index (χ4n) is 3.96. The summed E-state index contributed by atoms with van der Waals surface area (Å²) in [5.41, 5.74) is 6.30. The number of fused-ring (bicyclic) bond motifs is 1. The summed E-state index contributed by atoms with van der Waals surface area (Å²) in [5, 5.41) is 0. The highest BCUT2D eigenvalue weighted by Gasteiger charge is 2.49. The molecule has 2 atom stereocenters. The van der Waals surface area contributed by atoms with Gasteiger partial charge in [-0.3, -0.25) is 9.59 Å². The van der Waals surface area contributed by atoms with E-state index < -0.39 is 15.9 Å². The number of likely N-dealkylation sites (tertiary alicyclic amines) is 1. The standard InChI is InChI=1S/C18H23N3O4S.ClH/c1-11-6-7-20(14(8-11)10-19)17(22)12-2-5-15-16(9-12)26(24,25)21(18(15)23)13-3-4-13;/h2,5,9,11,13-14H,3-4,6-8,10,19H2,1H3;1H. The second-order valence-electron chi connectivity index (χ2n) is 7.57. The van der Waals surface area contributed by atoms with Gasteiger partial charge in [0.25, 0.3) is 21.8 Å². The third kappa shape index (κ3) is 3.23. The van der Waals surface area contributed by atoms with E-state index in [9.17, 15) is 18.0 Å². The van der Waals surface area contributed by atoms with Gasteiger partial charge in [-0.05, 0) is 49.8 Å². The van der Waals surface area contributed by atoms with E-state index >= 15 is 0 Å². The highest BCUT2D eigenvalue weighted by Crippen LogP contribution is 2.40. The first-order valence-corrected chi connectivity index (χ1v) is 10.5. The Morgan fingerprint density at radius 3 is 2.59 bits per heavy atom. The summed E-state index contributed by atoms with van der Waals surface area (Å²) in [6, 6.07) is 4.11. The molecule has 1 aromatic rings. The molecule has 9 heteroatoms. The van der Waals surface area contributed by atoms with E-state index in [-0.39, 0.29) is 40.9 Å². The molecule has 2 heterocycles. The van der Waals surface area contributed by atoms with Crippen LogP contribution < -0.4 is 5.73 Å². The number of hydrogen-bond donors (Lipinski definition) is 1. The lowest BCUT2D eigenvalue weighted by atomic mass is 9.92. The third-order valence-electron chi connectivity index (χ3n) is 5.59. The summed E-state index contributed by atoms with van der Waals surface area (Å²) in [5.74, 6) is -0.187. The molecule has 7 nitrogen and oxygen atoms in total. The Labute approximate surface area is 165 Å². The number of rotatable bonds is 3. The molecule has 2 unspecified atom stereocenters. The quantitative estimate of drug-likeness (QED) is 0.811. The van der Waals surface area contributed by atoms with Crippen LogP contribution in [0.1, 0.15) is 53.3 Å². The van der Waals surface area contributed by atoms with Crippen LogP contribution in [0.2, 0.25) is 0 Å². The number of carbonyl (C=O) groups excluding carboxylic acids is 2. The van der Waals surface area contributed by atoms with Gasteiger partial charge in [-0.25, -0.2) is 12.7 Å². The average Bonchev–Trinajstić information content (AvgIpc) is 3.42. The summed E-state index contributed by atoms with van der Waals surface area (Å²) < 4.78 is 26.5. The number of halogens is 1. The van der Waals surface area contributed by atoms with E-state index in [4.69, 9.17) is 5.73 Å². The number of carbonyl (C=O) groups is 2. The highest BCUT2D eigenvalue weighted by atomic mass is 35.5. The summed E-state index contributed by atoms with van der Waals surface area (Å²) in [6.07, 6.45) is 3.16. The maximum absolute atomic E-state index is 13.0. The van der Waals surface area contributed by atoms with Crippen molar-refractivity contribution in [1.82, 2.24) is 9.21 Å². The van der Waals surface area contributed by atoms with E-state index in [0.717, 1.165) is 17.1 Å². The zero-order valence-corrected chi connectivity index (χ0v) is 16.8. The van der Waals surface area contributed by atoms with Crippen LogP contribution in [0.25, 0.3) is 0 Å². The molecular formula is C18H24ClN3O4S. The topological polar surface area (TPSA) is 101 Å². The fourth-order valence-corrected chi connectivity index (χ4v) is 5.80. The van der Waals surface area contributed by atoms with Crippen molar-refractivity contribution >= 4 is 34.2 Å². The van der Waals surface area contributed by atoms with Crippen molar-refractivity contribution in [2.75, 3.05) is 13.1 Å². The molecule has 2 N–H and O–H groups in total. The largest absolute Gasteiger partial charge is 0.334 e. The number of nitrogens with two attached hydrogens (primary N) is 1. The summed E-state index contributed by atoms with van der Waals surface area (Å²) in [4.78, 5) is 27.1. The molecule has 27 heavy (non-hydrogen) atoms. The lowest BCUT2D eigenvalue weighted by Gasteiger charge is -2.38. The van der Waals surface area contributed by atoms with Crippen LogP contribution >= 0.6 is 12.4 Å². The molecule has 4 rings (SSSR count). The molecule has 3 aliphatic rings. The first kappa shape index (κ1) is 20.1. The molecule has 0 radical (unpaired) electrons. The zero-order valence-electron chi connectivity index (χ0n) is 15.1. The van der Waals surface area contributed by atoms with Gasteiger partial charge in [0.05, 0.1) is 5.56 Å². The molecule has 1 saturated heterocycles. The number of piperidine rings is 1. The average molecular weight is 414 g/mol. The van der Waals surface area contributed by atoms with E-state index in [1.807, 2.05) is 0 Å². The Balaban J connectivity index is 0.00000210. The van der Waals surface area contributed by atoms with Crippen molar-refractivity contribution in [3.8, 4) is 0 Å². The van der Waals surface area contributed by atoms with Crippen LogP contribution in [0, 0.1) is 5.92 Å². The Hall–Kier alpha value is -1.64. The van der Waals surface area contributed by atoms with Gasteiger partial charge >= 0.3 is 0 Å². The van der Waals surface area contributed by atoms with Crippen molar-refractivity contribution in [3.05, 3.63) is 29.3 Å². The molecule has 2 fully saturated rings. The summed E-state index contributed by atoms with van der Waals surface area (Å²) >= 11 is 0. The van der Waals surface area contributed by atoms with Crippen LogP contribution in [0.15, 0.2) is 23.1 Å². The van der Waals surface area contributed by atoms with E-state index in [1.165, 1.54) is 12.1 Å². The van der Waals surface area contributed by atoms with Gasteiger partial charge in [-0.2, -0.15) is 0 Å². The highest BCUT2D eigenvalue weighted by molar-refractivity contribution is 7.90. The molecule has 1 aliphatic carbocycles. The summed E-state index contributed by atoms with van der Waals surface area (Å²) in [7, 11) is -3.86. The first-order valence-electron chi connectivity index (χ1n) is 9.08. The predicted molar refractivity (Wildman–Crippen MR) is 102 cm³/mol. The van der Waals surface area contributed by atoms with Gasteiger partial charge in [0, 0.05) is 30.7 Å². The minimum atomic E-state index is -3.86. The van der Waals surface area contributed by atoms with E-state index in [0.29, 0.717) is 37.4 Å². The molecule has 148 valence electrons. The normalized spacial score (nSPS) is 26.5. The first-order chi connectivity index (χ1) is 12.3. The van der Waals surface area contributed by atoms with E-state index in [2.05, 4.69) is 6.92 Å². The molecule has 0 aromatic heterocycles. The maximum Gasteiger partial charge on any atom is 0.269 e. The third-order valence-corrected chi connectivity index (χ3v) is 7.46. The SMILES string of the molecule is CC1CCN(C(=O)c2ccc3c(c2)S(=O)(=O)N(C2CC2)C3=O)C(CN)C1.Cl. The molecule has 1 aromatic carbocycles. The van der Waals surface area contributed by atoms with Crippen LogP contribution in [-0.4, -0.2) is 54.6 Å². The predicted octanol–water partition coefficient (Wildman–Crippen LogP) is 1.61. The van der Waals surface area contributed by atoms with Gasteiger partial charge in [0.2, 0.25) is 0 Å². The molecular weight excluding hydrogens is 390 g/mol. The molecule has 2 aliphatic heterocycles. The van der Waals surface area contributed by atoms with Gasteiger partial charge in [-0.1, -0.05) is 6.92 Å². The Kier molecular flexibility index (Phi) is 5.26. The van der Waals surface area contributed by atoms with Crippen LogP contribution in [0.5, 0.6) is 0 Å². The Bertz CT molecular complexity index is 885.